The molecule has 1 fully saturated rings. The zero-order valence-electron chi connectivity index (χ0n) is 12.4. The Morgan fingerprint density at radius 3 is 3.00 bits per heavy atom. The number of hydrogen-bond donors (Lipinski definition) is 2. The Labute approximate surface area is 131 Å². The first-order valence-electron chi connectivity index (χ1n) is 7.55. The Kier molecular flexibility index (Phi) is 5.88. The van der Waals surface area contributed by atoms with Crippen molar-refractivity contribution in [2.75, 3.05) is 17.7 Å². The highest BCUT2D eigenvalue weighted by Gasteiger charge is 2.21. The number of carbonyl (C=O) groups is 1. The van der Waals surface area contributed by atoms with Crippen molar-refractivity contribution in [2.24, 2.45) is 5.92 Å². The lowest BCUT2D eigenvalue weighted by atomic mass is 9.85. The van der Waals surface area contributed by atoms with Crippen LogP contribution in [0.3, 0.4) is 0 Å². The summed E-state index contributed by atoms with van der Waals surface area (Å²) in [4.78, 5) is 11.9. The van der Waals surface area contributed by atoms with Gasteiger partial charge >= 0.3 is 0 Å². The molecule has 4 nitrogen and oxygen atoms in total. The maximum absolute atomic E-state index is 11.9. The van der Waals surface area contributed by atoms with Crippen LogP contribution in [-0.2, 0) is 9.53 Å². The fourth-order valence-corrected chi connectivity index (χ4v) is 2.89. The van der Waals surface area contributed by atoms with Crippen LogP contribution in [0.15, 0.2) is 18.2 Å². The van der Waals surface area contributed by atoms with Gasteiger partial charge in [0, 0.05) is 5.69 Å². The Bertz CT molecular complexity index is 493. The van der Waals surface area contributed by atoms with Gasteiger partial charge in [0.05, 0.1) is 16.8 Å². The summed E-state index contributed by atoms with van der Waals surface area (Å²) in [6, 6.07) is 5.04. The van der Waals surface area contributed by atoms with Gasteiger partial charge in [0.15, 0.2) is 0 Å². The highest BCUT2D eigenvalue weighted by Crippen LogP contribution is 2.28. The van der Waals surface area contributed by atoms with E-state index >= 15 is 0 Å². The van der Waals surface area contributed by atoms with E-state index in [-0.39, 0.29) is 18.6 Å². The van der Waals surface area contributed by atoms with Crippen molar-refractivity contribution in [1.82, 2.24) is 0 Å². The molecule has 116 valence electrons. The molecule has 0 aliphatic heterocycles. The Morgan fingerprint density at radius 1 is 1.48 bits per heavy atom. The molecule has 2 atom stereocenters. The second kappa shape index (κ2) is 7.66. The van der Waals surface area contributed by atoms with Gasteiger partial charge in [-0.3, -0.25) is 4.79 Å². The van der Waals surface area contributed by atoms with Crippen LogP contribution in [0, 0.1) is 5.92 Å². The third-order valence-electron chi connectivity index (χ3n) is 4.04. The van der Waals surface area contributed by atoms with Crippen LogP contribution < -0.4 is 11.1 Å². The van der Waals surface area contributed by atoms with Crippen molar-refractivity contribution >= 4 is 28.9 Å². The fraction of sp³-hybridized carbons (Fsp3) is 0.562. The predicted molar refractivity (Wildman–Crippen MR) is 86.5 cm³/mol. The maximum Gasteiger partial charge on any atom is 0.250 e. The topological polar surface area (TPSA) is 64.3 Å². The molecule has 0 radical (unpaired) electrons. The van der Waals surface area contributed by atoms with Crippen LogP contribution >= 0.6 is 11.6 Å². The summed E-state index contributed by atoms with van der Waals surface area (Å²) in [5, 5.41) is 3.26. The van der Waals surface area contributed by atoms with E-state index in [4.69, 9.17) is 22.1 Å². The molecular weight excluding hydrogens is 288 g/mol. The van der Waals surface area contributed by atoms with Crippen molar-refractivity contribution in [3.8, 4) is 0 Å². The standard InChI is InChI=1S/C16H23ClN2O2/c1-2-11-4-3-5-13(8-11)21-10-16(20)19-12-6-7-14(17)15(18)9-12/h6-7,9,11,13H,2-5,8,10,18H2,1H3,(H,19,20). The molecule has 0 bridgehead atoms. The molecule has 3 N–H and O–H groups in total. The Balaban J connectivity index is 1.78. The second-order valence-electron chi connectivity index (χ2n) is 5.66. The van der Waals surface area contributed by atoms with E-state index in [0.29, 0.717) is 16.4 Å². The Morgan fingerprint density at radius 2 is 2.29 bits per heavy atom. The number of benzene rings is 1. The zero-order chi connectivity index (χ0) is 15.2. The molecule has 1 saturated carbocycles. The highest BCUT2D eigenvalue weighted by atomic mass is 35.5. The van der Waals surface area contributed by atoms with Gasteiger partial charge in [-0.05, 0) is 37.0 Å². The number of nitrogen functional groups attached to an aromatic ring is 1. The predicted octanol–water partition coefficient (Wildman–Crippen LogP) is 3.85. The van der Waals surface area contributed by atoms with Crippen molar-refractivity contribution < 1.29 is 9.53 Å². The smallest absolute Gasteiger partial charge is 0.250 e. The highest BCUT2D eigenvalue weighted by molar-refractivity contribution is 6.33. The van der Waals surface area contributed by atoms with E-state index in [0.717, 1.165) is 18.8 Å². The molecule has 21 heavy (non-hydrogen) atoms. The van der Waals surface area contributed by atoms with Gasteiger partial charge in [0.25, 0.3) is 0 Å². The van der Waals surface area contributed by atoms with Crippen molar-refractivity contribution in [2.45, 2.75) is 45.1 Å². The van der Waals surface area contributed by atoms with Gasteiger partial charge in [0.2, 0.25) is 5.91 Å². The van der Waals surface area contributed by atoms with E-state index in [9.17, 15) is 4.79 Å². The third kappa shape index (κ3) is 4.90. The summed E-state index contributed by atoms with van der Waals surface area (Å²) in [6.45, 7) is 2.30. The van der Waals surface area contributed by atoms with Crippen LogP contribution in [0.1, 0.15) is 39.0 Å². The summed E-state index contributed by atoms with van der Waals surface area (Å²) in [7, 11) is 0. The first-order valence-corrected chi connectivity index (χ1v) is 7.92. The Hall–Kier alpha value is -1.26. The van der Waals surface area contributed by atoms with Gasteiger partial charge < -0.3 is 15.8 Å². The minimum atomic E-state index is -0.157. The van der Waals surface area contributed by atoms with Crippen LogP contribution in [0.2, 0.25) is 5.02 Å². The molecule has 0 aromatic heterocycles. The molecule has 2 rings (SSSR count). The van der Waals surface area contributed by atoms with Gasteiger partial charge in [-0.2, -0.15) is 0 Å². The van der Waals surface area contributed by atoms with Crippen molar-refractivity contribution in [3.05, 3.63) is 23.2 Å². The molecule has 0 saturated heterocycles. The summed E-state index contributed by atoms with van der Waals surface area (Å²) in [6.07, 6.45) is 6.00. The van der Waals surface area contributed by atoms with Crippen LogP contribution in [0.25, 0.3) is 0 Å². The van der Waals surface area contributed by atoms with Crippen LogP contribution in [0.5, 0.6) is 0 Å². The van der Waals surface area contributed by atoms with Gasteiger partial charge in [-0.25, -0.2) is 0 Å². The van der Waals surface area contributed by atoms with E-state index < -0.39 is 0 Å². The van der Waals surface area contributed by atoms with Crippen molar-refractivity contribution in [3.63, 3.8) is 0 Å². The average Bonchev–Trinajstić information content (AvgIpc) is 2.49. The van der Waals surface area contributed by atoms with E-state index in [1.54, 1.807) is 18.2 Å². The van der Waals surface area contributed by atoms with Crippen molar-refractivity contribution in [1.29, 1.82) is 0 Å². The number of ether oxygens (including phenoxy) is 1. The normalized spacial score (nSPS) is 22.0. The SMILES string of the molecule is CCC1CCCC(OCC(=O)Nc2ccc(Cl)c(N)c2)C1. The largest absolute Gasteiger partial charge is 0.397 e. The lowest BCUT2D eigenvalue weighted by Crippen LogP contribution is -2.27. The molecule has 1 aromatic carbocycles. The van der Waals surface area contributed by atoms with Gasteiger partial charge in [-0.15, -0.1) is 0 Å². The molecule has 5 heteroatoms. The number of hydrogen-bond acceptors (Lipinski definition) is 3. The lowest BCUT2D eigenvalue weighted by Gasteiger charge is -2.28. The molecule has 0 spiro atoms. The number of carbonyl (C=O) groups excluding carboxylic acids is 1. The molecule has 1 amide bonds. The fourth-order valence-electron chi connectivity index (χ4n) is 2.78. The summed E-state index contributed by atoms with van der Waals surface area (Å²) in [5.41, 5.74) is 6.80. The van der Waals surface area contributed by atoms with Gasteiger partial charge in [0.1, 0.15) is 6.61 Å². The zero-order valence-corrected chi connectivity index (χ0v) is 13.2. The number of rotatable bonds is 5. The molecule has 1 aliphatic rings. The van der Waals surface area contributed by atoms with Crippen LogP contribution in [0.4, 0.5) is 11.4 Å². The molecule has 2 unspecified atom stereocenters. The first kappa shape index (κ1) is 16.1. The van der Waals surface area contributed by atoms with E-state index in [1.807, 2.05) is 0 Å². The second-order valence-corrected chi connectivity index (χ2v) is 6.07. The summed E-state index contributed by atoms with van der Waals surface area (Å²) < 4.78 is 5.73. The molecule has 1 aromatic rings. The minimum absolute atomic E-state index is 0.0869. The maximum atomic E-state index is 11.9. The van der Waals surface area contributed by atoms with Crippen LogP contribution in [-0.4, -0.2) is 18.6 Å². The number of amides is 1. The first-order chi connectivity index (χ1) is 10.1. The molecular formula is C16H23ClN2O2. The van der Waals surface area contributed by atoms with E-state index in [2.05, 4.69) is 12.2 Å². The quantitative estimate of drug-likeness (QED) is 0.812. The minimum Gasteiger partial charge on any atom is -0.397 e. The number of halogens is 1. The lowest BCUT2D eigenvalue weighted by molar-refractivity contribution is -0.123. The monoisotopic (exact) mass is 310 g/mol. The average molecular weight is 311 g/mol. The number of nitrogens with two attached hydrogens (primary N) is 1. The number of nitrogens with one attached hydrogen (secondary N) is 1. The summed E-state index contributed by atoms with van der Waals surface area (Å²) >= 11 is 5.84. The third-order valence-corrected chi connectivity index (χ3v) is 4.39. The molecule has 0 heterocycles. The summed E-state index contributed by atoms with van der Waals surface area (Å²) in [5.74, 6) is 0.582. The molecule has 1 aliphatic carbocycles. The van der Waals surface area contributed by atoms with Gasteiger partial charge in [-0.1, -0.05) is 37.8 Å². The van der Waals surface area contributed by atoms with E-state index in [1.165, 1.54) is 19.3 Å². The number of anilines is 2.